The van der Waals surface area contributed by atoms with Gasteiger partial charge < -0.3 is 35.8 Å². The van der Waals surface area contributed by atoms with E-state index in [9.17, 15) is 29.7 Å². The number of carbonyl (C=O) groups is 3. The number of nitrogens with one attached hydrogen (secondary N) is 1. The van der Waals surface area contributed by atoms with Gasteiger partial charge in [0, 0.05) is 17.7 Å². The number of hydrogen-bond donors (Lipinski definition) is 5. The number of rotatable bonds is 10. The van der Waals surface area contributed by atoms with Gasteiger partial charge in [0.05, 0.1) is 12.9 Å². The van der Waals surface area contributed by atoms with E-state index in [0.29, 0.717) is 17.1 Å². The standard InChI is InChI=1S/C28H27FN6O8/c1-14-32-22(30)20-23(33-14)35(13-31-20)25-19(29)21(36)18(43-25)12-42-28(26(38)39,27(40)41)11-15-7-9-17(10-8-15)34-24(37)16-5-3-2-4-6-16/h2-10,13,18-19,21,25,36H,11-12H2,1H3,(H,34,37)(H,38,39)(H,40,41)(H2,30,32,33)/t18-,19+,21-,25-/m1/s1. The summed E-state index contributed by atoms with van der Waals surface area (Å²) in [5.41, 5.74) is 4.49. The smallest absolute Gasteiger partial charge is 0.348 e. The van der Waals surface area contributed by atoms with Crippen molar-refractivity contribution in [2.45, 2.75) is 43.6 Å². The van der Waals surface area contributed by atoms with E-state index < -0.39 is 55.2 Å². The molecule has 4 aromatic rings. The lowest BCUT2D eigenvalue weighted by Gasteiger charge is -2.27. The Morgan fingerprint density at radius 1 is 1.09 bits per heavy atom. The quantitative estimate of drug-likeness (QED) is 0.166. The number of amides is 1. The Labute approximate surface area is 242 Å². The van der Waals surface area contributed by atoms with Crippen molar-refractivity contribution < 1.29 is 43.6 Å². The molecule has 0 spiro atoms. The minimum atomic E-state index is -2.80. The second-order valence-corrected chi connectivity index (χ2v) is 9.92. The number of imidazole rings is 1. The number of nitrogens with two attached hydrogens (primary N) is 1. The van der Waals surface area contributed by atoms with E-state index in [1.54, 1.807) is 37.3 Å². The van der Waals surface area contributed by atoms with Crippen LogP contribution in [0.15, 0.2) is 60.9 Å². The summed E-state index contributed by atoms with van der Waals surface area (Å²) in [5, 5.41) is 33.1. The van der Waals surface area contributed by atoms with Crippen LogP contribution in [-0.4, -0.2) is 83.3 Å². The van der Waals surface area contributed by atoms with Crippen LogP contribution in [0.25, 0.3) is 11.2 Å². The number of carbonyl (C=O) groups excluding carboxylic acids is 1. The van der Waals surface area contributed by atoms with Crippen LogP contribution in [-0.2, 0) is 25.5 Å². The number of hydrogen-bond acceptors (Lipinski definition) is 10. The predicted molar refractivity (Wildman–Crippen MR) is 148 cm³/mol. The Morgan fingerprint density at radius 3 is 2.42 bits per heavy atom. The summed E-state index contributed by atoms with van der Waals surface area (Å²) in [4.78, 5) is 49.2. The first kappa shape index (κ1) is 29.5. The van der Waals surface area contributed by atoms with E-state index >= 15 is 4.39 Å². The number of aliphatic carboxylic acids is 2. The molecule has 43 heavy (non-hydrogen) atoms. The normalized spacial score (nSPS) is 20.3. The van der Waals surface area contributed by atoms with Crippen LogP contribution in [0.5, 0.6) is 0 Å². The Bertz CT molecular complexity index is 1650. The molecular formula is C28H27FN6O8. The molecule has 5 rings (SSSR count). The number of anilines is 2. The van der Waals surface area contributed by atoms with E-state index in [1.807, 2.05) is 0 Å². The van der Waals surface area contributed by atoms with Gasteiger partial charge in [0.15, 0.2) is 23.9 Å². The second-order valence-electron chi connectivity index (χ2n) is 9.92. The third-order valence-electron chi connectivity index (χ3n) is 7.01. The van der Waals surface area contributed by atoms with Crippen molar-refractivity contribution in [2.75, 3.05) is 17.7 Å². The summed E-state index contributed by atoms with van der Waals surface area (Å²) in [6.07, 6.45) is -6.11. The van der Waals surface area contributed by atoms with Gasteiger partial charge in [-0.3, -0.25) is 9.36 Å². The van der Waals surface area contributed by atoms with Crippen LogP contribution in [0.3, 0.4) is 0 Å². The zero-order valence-corrected chi connectivity index (χ0v) is 22.6. The highest BCUT2D eigenvalue weighted by Gasteiger charge is 2.52. The van der Waals surface area contributed by atoms with Crippen molar-refractivity contribution in [2.24, 2.45) is 0 Å². The first-order valence-corrected chi connectivity index (χ1v) is 13.0. The van der Waals surface area contributed by atoms with Gasteiger partial charge in [-0.25, -0.2) is 28.9 Å². The maximum atomic E-state index is 15.2. The number of aromatic nitrogens is 4. The van der Waals surface area contributed by atoms with Crippen LogP contribution in [0.2, 0.25) is 0 Å². The molecule has 2 aromatic heterocycles. The molecule has 15 heteroatoms. The summed E-state index contributed by atoms with van der Waals surface area (Å²) < 4.78 is 27.5. The lowest BCUT2D eigenvalue weighted by molar-refractivity contribution is -0.190. The Hall–Kier alpha value is -4.99. The van der Waals surface area contributed by atoms with Crippen LogP contribution >= 0.6 is 0 Å². The first-order valence-electron chi connectivity index (χ1n) is 13.0. The largest absolute Gasteiger partial charge is 0.479 e. The number of carboxylic acids is 2. The summed E-state index contributed by atoms with van der Waals surface area (Å²) in [5.74, 6) is -3.64. The molecule has 6 N–H and O–H groups in total. The van der Waals surface area contributed by atoms with Crippen molar-refractivity contribution >= 4 is 40.5 Å². The molecule has 1 saturated heterocycles. The number of alkyl halides is 1. The Balaban J connectivity index is 1.30. The van der Waals surface area contributed by atoms with Gasteiger partial charge >= 0.3 is 11.9 Å². The number of ether oxygens (including phenoxy) is 2. The fraction of sp³-hybridized carbons (Fsp3) is 0.286. The molecule has 0 unspecified atom stereocenters. The fourth-order valence-corrected chi connectivity index (χ4v) is 4.73. The molecule has 0 bridgehead atoms. The summed E-state index contributed by atoms with van der Waals surface area (Å²) >= 11 is 0. The Morgan fingerprint density at radius 2 is 1.77 bits per heavy atom. The average Bonchev–Trinajstić information content (AvgIpc) is 3.52. The highest BCUT2D eigenvalue weighted by Crippen LogP contribution is 2.35. The van der Waals surface area contributed by atoms with E-state index in [-0.39, 0.29) is 28.5 Å². The molecule has 1 amide bonds. The van der Waals surface area contributed by atoms with Crippen LogP contribution in [0.1, 0.15) is 28.0 Å². The number of halogens is 1. The fourth-order valence-electron chi connectivity index (χ4n) is 4.73. The van der Waals surface area contributed by atoms with Gasteiger partial charge in [-0.2, -0.15) is 0 Å². The number of aliphatic hydroxyl groups excluding tert-OH is 1. The number of carboxylic acid groups (broad SMARTS) is 2. The number of aliphatic hydroxyl groups is 1. The van der Waals surface area contributed by atoms with Crippen molar-refractivity contribution in [3.8, 4) is 0 Å². The van der Waals surface area contributed by atoms with E-state index in [1.165, 1.54) is 35.2 Å². The van der Waals surface area contributed by atoms with Crippen LogP contribution in [0.4, 0.5) is 15.9 Å². The molecule has 3 heterocycles. The molecule has 224 valence electrons. The van der Waals surface area contributed by atoms with Gasteiger partial charge in [0.25, 0.3) is 11.5 Å². The lowest BCUT2D eigenvalue weighted by atomic mass is 9.94. The topological polar surface area (TPSA) is 212 Å². The summed E-state index contributed by atoms with van der Waals surface area (Å²) in [6.45, 7) is 0.803. The van der Waals surface area contributed by atoms with Crippen molar-refractivity contribution in [3.63, 3.8) is 0 Å². The minimum absolute atomic E-state index is 0.0643. The third kappa shape index (κ3) is 5.73. The molecule has 1 aliphatic rings. The van der Waals surface area contributed by atoms with Crippen LogP contribution < -0.4 is 11.1 Å². The number of aryl methyl sites for hydroxylation is 1. The molecule has 14 nitrogen and oxygen atoms in total. The zero-order valence-electron chi connectivity index (χ0n) is 22.6. The molecule has 0 saturated carbocycles. The predicted octanol–water partition coefficient (Wildman–Crippen LogP) is 1.73. The Kier molecular flexibility index (Phi) is 8.04. The zero-order chi connectivity index (χ0) is 30.9. The van der Waals surface area contributed by atoms with Gasteiger partial charge in [-0.15, -0.1) is 0 Å². The molecule has 2 aromatic carbocycles. The lowest BCUT2D eigenvalue weighted by Crippen LogP contribution is -2.52. The highest BCUT2D eigenvalue weighted by molar-refractivity contribution is 6.04. The third-order valence-corrected chi connectivity index (χ3v) is 7.01. The monoisotopic (exact) mass is 594 g/mol. The van der Waals surface area contributed by atoms with Gasteiger partial charge in [0.2, 0.25) is 0 Å². The summed E-state index contributed by atoms with van der Waals surface area (Å²) in [6, 6.07) is 14.3. The highest BCUT2D eigenvalue weighted by atomic mass is 19.1. The molecule has 4 atom stereocenters. The molecule has 1 fully saturated rings. The number of fused-ring (bicyclic) bond motifs is 1. The molecule has 1 aliphatic heterocycles. The number of benzene rings is 2. The van der Waals surface area contributed by atoms with Crippen LogP contribution in [0, 0.1) is 6.92 Å². The van der Waals surface area contributed by atoms with Crippen molar-refractivity contribution in [1.82, 2.24) is 19.5 Å². The maximum absolute atomic E-state index is 15.2. The molecule has 0 radical (unpaired) electrons. The van der Waals surface area contributed by atoms with Crippen molar-refractivity contribution in [3.05, 3.63) is 77.9 Å². The number of nitrogen functional groups attached to an aromatic ring is 1. The van der Waals surface area contributed by atoms with E-state index in [4.69, 9.17) is 15.2 Å². The van der Waals surface area contributed by atoms with Crippen molar-refractivity contribution in [1.29, 1.82) is 0 Å². The van der Waals surface area contributed by atoms with Gasteiger partial charge in [0.1, 0.15) is 23.5 Å². The maximum Gasteiger partial charge on any atom is 0.348 e. The van der Waals surface area contributed by atoms with Gasteiger partial charge in [-0.1, -0.05) is 30.3 Å². The van der Waals surface area contributed by atoms with E-state index in [0.717, 1.165) is 0 Å². The van der Waals surface area contributed by atoms with E-state index in [2.05, 4.69) is 20.3 Å². The van der Waals surface area contributed by atoms with Gasteiger partial charge in [-0.05, 0) is 36.8 Å². The average molecular weight is 595 g/mol. The summed E-state index contributed by atoms with van der Waals surface area (Å²) in [7, 11) is 0. The molecular weight excluding hydrogens is 567 g/mol. The minimum Gasteiger partial charge on any atom is -0.479 e. The number of nitrogens with zero attached hydrogens (tertiary/aromatic N) is 4. The first-order chi connectivity index (χ1) is 20.5. The molecule has 0 aliphatic carbocycles. The second kappa shape index (κ2) is 11.7. The SMILES string of the molecule is Cc1nc(N)c2ncn([C@@H]3O[C@H](COC(Cc4ccc(NC(=O)c5ccccc5)cc4)(C(=O)O)C(=O)O)[C@@H](O)[C@@H]3F)c2n1.